The van der Waals surface area contributed by atoms with E-state index in [2.05, 4.69) is 0 Å². The van der Waals surface area contributed by atoms with Gasteiger partial charge in [0.1, 0.15) is 5.75 Å². The van der Waals surface area contributed by atoms with Gasteiger partial charge in [-0.1, -0.05) is 17.7 Å². The van der Waals surface area contributed by atoms with Gasteiger partial charge in [-0.05, 0) is 19.1 Å². The Labute approximate surface area is 88.5 Å². The average Bonchev–Trinajstić information content (AvgIpc) is 2.08. The lowest BCUT2D eigenvalue weighted by atomic mass is 10.2. The summed E-state index contributed by atoms with van der Waals surface area (Å²) in [6.07, 6.45) is -1.80. The van der Waals surface area contributed by atoms with Gasteiger partial charge in [0.2, 0.25) is 3.77 Å². The van der Waals surface area contributed by atoms with Crippen molar-refractivity contribution in [2.75, 3.05) is 0 Å². The predicted molar refractivity (Wildman–Crippen MR) is 55.1 cm³/mol. The molecule has 1 aromatic rings. The van der Waals surface area contributed by atoms with Crippen LogP contribution in [0.3, 0.4) is 0 Å². The first-order valence-corrected chi connectivity index (χ1v) is 4.63. The molecule has 0 heterocycles. The van der Waals surface area contributed by atoms with Gasteiger partial charge < -0.3 is 4.74 Å². The summed E-state index contributed by atoms with van der Waals surface area (Å²) in [5.74, 6) is 0.419. The van der Waals surface area contributed by atoms with Gasteiger partial charge in [-0.2, -0.15) is 8.78 Å². The van der Waals surface area contributed by atoms with Gasteiger partial charge in [0.15, 0.2) is 0 Å². The van der Waals surface area contributed by atoms with Crippen LogP contribution in [0.2, 0.25) is 0 Å². The maximum absolute atomic E-state index is 11.9. The van der Waals surface area contributed by atoms with E-state index in [1.165, 1.54) is 22.6 Å². The van der Waals surface area contributed by atoms with E-state index in [4.69, 9.17) is 4.74 Å². The van der Waals surface area contributed by atoms with Crippen LogP contribution in [-0.4, -0.2) is 0 Å². The molecule has 0 aliphatic rings. The third-order valence-corrected chi connectivity index (χ3v) is 2.00. The van der Waals surface area contributed by atoms with E-state index >= 15 is 0 Å². The lowest BCUT2D eigenvalue weighted by Crippen LogP contribution is -1.88. The van der Waals surface area contributed by atoms with E-state index in [0.29, 0.717) is 5.75 Å². The van der Waals surface area contributed by atoms with Gasteiger partial charge in [-0.15, -0.1) is 0 Å². The van der Waals surface area contributed by atoms with Crippen LogP contribution in [0.5, 0.6) is 5.75 Å². The molecule has 70 valence electrons. The highest BCUT2D eigenvalue weighted by atomic mass is 127. The molecule has 0 aliphatic carbocycles. The largest absolute Gasteiger partial charge is 0.445 e. The smallest absolute Gasteiger partial charge is 0.318 e. The Kier molecular flexibility index (Phi) is 3.65. The highest BCUT2D eigenvalue weighted by molar-refractivity contribution is 14.1. The normalized spacial score (nSPS) is 9.54. The van der Waals surface area contributed by atoms with Crippen molar-refractivity contribution in [3.05, 3.63) is 39.7 Å². The van der Waals surface area contributed by atoms with Gasteiger partial charge in [0.25, 0.3) is 0 Å². The zero-order chi connectivity index (χ0) is 9.84. The molecular weight excluding hydrogens is 289 g/mol. The van der Waals surface area contributed by atoms with Crippen molar-refractivity contribution < 1.29 is 13.5 Å². The monoisotopic (exact) mass is 296 g/mol. The molecule has 0 radical (unpaired) electrons. The summed E-state index contributed by atoms with van der Waals surface area (Å²) in [6, 6.07) is 6.90. The first-order chi connectivity index (χ1) is 6.09. The molecule has 0 spiro atoms. The minimum absolute atomic E-state index is 0.388. The quantitative estimate of drug-likeness (QED) is 0.594. The molecule has 1 rings (SSSR count). The molecule has 0 atom stereocenters. The molecule has 4 heteroatoms. The number of halogens is 3. The van der Waals surface area contributed by atoms with E-state index in [1.807, 2.05) is 6.92 Å². The van der Waals surface area contributed by atoms with E-state index in [9.17, 15) is 8.78 Å². The Balaban J connectivity index is 2.76. The summed E-state index contributed by atoms with van der Waals surface area (Å²) in [4.78, 5) is 0. The van der Waals surface area contributed by atoms with Gasteiger partial charge in [-0.3, -0.25) is 0 Å². The summed E-state index contributed by atoms with van der Waals surface area (Å²) in [7, 11) is 0. The molecule has 0 N–H and O–H groups in total. The highest BCUT2D eigenvalue weighted by Gasteiger charge is 2.03. The molecule has 0 aliphatic heterocycles. The maximum Gasteiger partial charge on any atom is 0.318 e. The molecule has 0 saturated heterocycles. The molecule has 0 amide bonds. The molecule has 0 aromatic heterocycles. The molecule has 0 saturated carbocycles. The number of hydrogen-bond donors (Lipinski definition) is 0. The number of hydrogen-bond acceptors (Lipinski definition) is 1. The summed E-state index contributed by atoms with van der Waals surface area (Å²) < 4.78 is 28.3. The van der Waals surface area contributed by atoms with Crippen LogP contribution in [0.1, 0.15) is 5.56 Å². The Bertz CT molecular complexity index is 315. The van der Waals surface area contributed by atoms with Crippen LogP contribution in [0.4, 0.5) is 8.78 Å². The molecule has 0 bridgehead atoms. The zero-order valence-corrected chi connectivity index (χ0v) is 9.01. The van der Waals surface area contributed by atoms with Crippen molar-refractivity contribution >= 4 is 22.6 Å². The van der Waals surface area contributed by atoms with Crippen LogP contribution < -0.4 is 4.74 Å². The van der Waals surface area contributed by atoms with Crippen LogP contribution >= 0.6 is 22.6 Å². The molecule has 0 unspecified atom stereocenters. The maximum atomic E-state index is 11.9. The van der Waals surface area contributed by atoms with Gasteiger partial charge in [0, 0.05) is 22.6 Å². The van der Waals surface area contributed by atoms with Crippen molar-refractivity contribution in [1.82, 2.24) is 0 Å². The second-order valence-electron chi connectivity index (χ2n) is 2.45. The summed E-state index contributed by atoms with van der Waals surface area (Å²) in [5.41, 5.74) is 1.06. The Morgan fingerprint density at radius 1 is 1.23 bits per heavy atom. The van der Waals surface area contributed by atoms with Crippen LogP contribution in [0.25, 0.3) is 0 Å². The second kappa shape index (κ2) is 4.55. The van der Waals surface area contributed by atoms with Crippen LogP contribution in [0, 0.1) is 6.92 Å². The minimum atomic E-state index is -1.80. The van der Waals surface area contributed by atoms with Crippen molar-refractivity contribution in [2.24, 2.45) is 0 Å². The zero-order valence-electron chi connectivity index (χ0n) is 6.85. The average molecular weight is 296 g/mol. The van der Waals surface area contributed by atoms with Crippen molar-refractivity contribution in [2.45, 2.75) is 6.92 Å². The number of rotatable bonds is 2. The Hall–Kier alpha value is -0.650. The van der Waals surface area contributed by atoms with E-state index in [0.717, 1.165) is 5.56 Å². The van der Waals surface area contributed by atoms with E-state index in [-0.39, 0.29) is 3.77 Å². The van der Waals surface area contributed by atoms with Crippen molar-refractivity contribution in [3.63, 3.8) is 0 Å². The van der Waals surface area contributed by atoms with Gasteiger partial charge >= 0.3 is 6.08 Å². The molecule has 1 nitrogen and oxygen atoms in total. The van der Waals surface area contributed by atoms with Crippen molar-refractivity contribution in [1.29, 1.82) is 0 Å². The standard InChI is InChI=1S/C9H7F2IO/c1-6-2-4-7(5-3-6)13-9(12)8(10)11/h2-5H,1H3. The lowest BCUT2D eigenvalue weighted by molar-refractivity contribution is 0.360. The molecule has 1 aromatic carbocycles. The Morgan fingerprint density at radius 3 is 2.23 bits per heavy atom. The van der Waals surface area contributed by atoms with E-state index < -0.39 is 6.08 Å². The fourth-order valence-electron chi connectivity index (χ4n) is 0.748. The summed E-state index contributed by atoms with van der Waals surface area (Å²) in [6.45, 7) is 1.92. The second-order valence-corrected chi connectivity index (χ2v) is 3.43. The summed E-state index contributed by atoms with van der Waals surface area (Å²) >= 11 is 1.45. The first-order valence-electron chi connectivity index (χ1n) is 3.55. The first kappa shape index (κ1) is 10.4. The van der Waals surface area contributed by atoms with Gasteiger partial charge in [-0.25, -0.2) is 0 Å². The number of ether oxygens (including phenoxy) is 1. The topological polar surface area (TPSA) is 9.23 Å². The summed E-state index contributed by atoms with van der Waals surface area (Å²) in [5, 5.41) is 0. The van der Waals surface area contributed by atoms with Crippen molar-refractivity contribution in [3.8, 4) is 5.75 Å². The van der Waals surface area contributed by atoms with Crippen LogP contribution in [-0.2, 0) is 0 Å². The number of benzene rings is 1. The third kappa shape index (κ3) is 3.30. The SMILES string of the molecule is Cc1ccc(OC(I)=C(F)F)cc1. The highest BCUT2D eigenvalue weighted by Crippen LogP contribution is 2.21. The van der Waals surface area contributed by atoms with Gasteiger partial charge in [0.05, 0.1) is 0 Å². The third-order valence-electron chi connectivity index (χ3n) is 1.38. The number of aryl methyl sites for hydroxylation is 1. The lowest BCUT2D eigenvalue weighted by Gasteiger charge is -2.02. The molecule has 0 fully saturated rings. The fourth-order valence-corrected chi connectivity index (χ4v) is 1.00. The van der Waals surface area contributed by atoms with E-state index in [1.54, 1.807) is 24.3 Å². The van der Waals surface area contributed by atoms with Crippen LogP contribution in [0.15, 0.2) is 34.1 Å². The fraction of sp³-hybridized carbons (Fsp3) is 0.111. The predicted octanol–water partition coefficient (Wildman–Crippen LogP) is 3.87. The molecular formula is C9H7F2IO. The molecule has 13 heavy (non-hydrogen) atoms. The minimum Gasteiger partial charge on any atom is -0.445 e. The Morgan fingerprint density at radius 2 is 1.77 bits per heavy atom.